The van der Waals surface area contributed by atoms with E-state index in [2.05, 4.69) is 23.8 Å². The highest BCUT2D eigenvalue weighted by molar-refractivity contribution is 7.99. The molecule has 4 heteroatoms. The Bertz CT molecular complexity index is 272. The average Bonchev–Trinajstić information content (AvgIpc) is 2.76. The van der Waals surface area contributed by atoms with E-state index >= 15 is 0 Å². The van der Waals surface area contributed by atoms with Crippen LogP contribution in [0.4, 0.5) is 0 Å². The normalized spacial score (nSPS) is 38.0. The molecule has 1 amide bonds. The first-order chi connectivity index (χ1) is 8.20. The van der Waals surface area contributed by atoms with Crippen LogP contribution in [0, 0.1) is 11.8 Å². The topological polar surface area (TPSA) is 41.1 Å². The van der Waals surface area contributed by atoms with Gasteiger partial charge in [-0.3, -0.25) is 4.79 Å². The van der Waals surface area contributed by atoms with E-state index < -0.39 is 0 Å². The van der Waals surface area contributed by atoms with Gasteiger partial charge >= 0.3 is 0 Å². The molecule has 0 spiro atoms. The second kappa shape index (κ2) is 6.10. The van der Waals surface area contributed by atoms with Gasteiger partial charge in [0.2, 0.25) is 5.91 Å². The predicted octanol–water partition coefficient (Wildman–Crippen LogP) is 1.63. The molecule has 3 nitrogen and oxygen atoms in total. The summed E-state index contributed by atoms with van der Waals surface area (Å²) in [5.74, 6) is 0.939. The highest BCUT2D eigenvalue weighted by Gasteiger charge is 2.31. The van der Waals surface area contributed by atoms with Gasteiger partial charge in [-0.25, -0.2) is 0 Å². The third kappa shape index (κ3) is 3.38. The van der Waals surface area contributed by atoms with E-state index in [1.807, 2.05) is 11.8 Å². The lowest BCUT2D eigenvalue weighted by molar-refractivity contribution is -0.126. The zero-order chi connectivity index (χ0) is 12.3. The van der Waals surface area contributed by atoms with Crippen LogP contribution in [-0.4, -0.2) is 36.5 Å². The summed E-state index contributed by atoms with van der Waals surface area (Å²) in [7, 11) is 0. The van der Waals surface area contributed by atoms with Crippen molar-refractivity contribution in [3.8, 4) is 0 Å². The highest BCUT2D eigenvalue weighted by Crippen LogP contribution is 2.27. The van der Waals surface area contributed by atoms with Gasteiger partial charge in [0.25, 0.3) is 0 Å². The van der Waals surface area contributed by atoms with Gasteiger partial charge in [0.05, 0.1) is 5.92 Å². The van der Waals surface area contributed by atoms with E-state index in [0.29, 0.717) is 12.0 Å². The van der Waals surface area contributed by atoms with Crippen LogP contribution >= 0.6 is 11.8 Å². The Hall–Kier alpha value is -0.220. The minimum absolute atomic E-state index is 0.185. The molecule has 1 aliphatic heterocycles. The van der Waals surface area contributed by atoms with Gasteiger partial charge in [-0.1, -0.05) is 13.3 Å². The molecule has 17 heavy (non-hydrogen) atoms. The van der Waals surface area contributed by atoms with Crippen molar-refractivity contribution in [2.75, 3.05) is 19.3 Å². The molecule has 0 aromatic rings. The van der Waals surface area contributed by atoms with Gasteiger partial charge < -0.3 is 10.6 Å². The lowest BCUT2D eigenvalue weighted by Crippen LogP contribution is -2.43. The van der Waals surface area contributed by atoms with Crippen LogP contribution in [-0.2, 0) is 4.79 Å². The van der Waals surface area contributed by atoms with E-state index in [1.165, 1.54) is 12.8 Å². The zero-order valence-electron chi connectivity index (χ0n) is 10.9. The number of hydrogen-bond donors (Lipinski definition) is 2. The molecule has 2 rings (SSSR count). The first-order valence-corrected chi connectivity index (χ1v) is 8.03. The van der Waals surface area contributed by atoms with Crippen molar-refractivity contribution in [3.63, 3.8) is 0 Å². The summed E-state index contributed by atoms with van der Waals surface area (Å²) in [6.45, 7) is 4.00. The zero-order valence-corrected chi connectivity index (χ0v) is 11.7. The summed E-state index contributed by atoms with van der Waals surface area (Å²) in [6, 6.07) is 0.418. The predicted molar refractivity (Wildman–Crippen MR) is 73.2 cm³/mol. The van der Waals surface area contributed by atoms with Gasteiger partial charge in [0.15, 0.2) is 0 Å². The number of hydrogen-bond acceptors (Lipinski definition) is 3. The Morgan fingerprint density at radius 1 is 1.35 bits per heavy atom. The van der Waals surface area contributed by atoms with Gasteiger partial charge in [-0.05, 0) is 38.0 Å². The number of amides is 1. The van der Waals surface area contributed by atoms with Crippen molar-refractivity contribution >= 4 is 17.7 Å². The van der Waals surface area contributed by atoms with Gasteiger partial charge in [0, 0.05) is 17.8 Å². The molecule has 1 aliphatic carbocycles. The van der Waals surface area contributed by atoms with Gasteiger partial charge in [-0.15, -0.1) is 0 Å². The first-order valence-electron chi connectivity index (χ1n) is 6.74. The first kappa shape index (κ1) is 13.2. The summed E-state index contributed by atoms with van der Waals surface area (Å²) < 4.78 is 0. The maximum atomic E-state index is 12.2. The summed E-state index contributed by atoms with van der Waals surface area (Å²) in [5.41, 5.74) is 0. The number of thioether (sulfide) groups is 1. The fourth-order valence-electron chi connectivity index (χ4n) is 2.96. The van der Waals surface area contributed by atoms with E-state index in [9.17, 15) is 4.79 Å². The molecule has 1 saturated heterocycles. The van der Waals surface area contributed by atoms with E-state index in [-0.39, 0.29) is 11.8 Å². The van der Waals surface area contributed by atoms with Crippen LogP contribution in [0.1, 0.15) is 32.6 Å². The Balaban J connectivity index is 1.81. The molecule has 2 aliphatic rings. The Kier molecular flexibility index (Phi) is 4.74. The van der Waals surface area contributed by atoms with E-state index in [4.69, 9.17) is 0 Å². The Morgan fingerprint density at radius 2 is 2.18 bits per heavy atom. The van der Waals surface area contributed by atoms with Crippen molar-refractivity contribution in [2.45, 2.75) is 43.9 Å². The second-order valence-electron chi connectivity index (χ2n) is 5.47. The molecule has 4 atom stereocenters. The van der Waals surface area contributed by atoms with Crippen molar-refractivity contribution < 1.29 is 4.79 Å². The molecule has 2 unspecified atom stereocenters. The highest BCUT2D eigenvalue weighted by atomic mass is 32.2. The van der Waals surface area contributed by atoms with Crippen LogP contribution in [0.15, 0.2) is 0 Å². The lowest BCUT2D eigenvalue weighted by Gasteiger charge is -2.29. The lowest BCUT2D eigenvalue weighted by atomic mass is 9.92. The van der Waals surface area contributed by atoms with Crippen LogP contribution in [0.3, 0.4) is 0 Å². The molecule has 2 N–H and O–H groups in total. The van der Waals surface area contributed by atoms with Crippen LogP contribution in [0.25, 0.3) is 0 Å². The fourth-order valence-corrected chi connectivity index (χ4v) is 3.79. The molecule has 0 bridgehead atoms. The minimum Gasteiger partial charge on any atom is -0.353 e. The number of carbonyl (C=O) groups is 1. The van der Waals surface area contributed by atoms with Crippen molar-refractivity contribution in [3.05, 3.63) is 0 Å². The maximum Gasteiger partial charge on any atom is 0.224 e. The number of nitrogens with one attached hydrogen (secondary N) is 2. The maximum absolute atomic E-state index is 12.2. The van der Waals surface area contributed by atoms with E-state index in [0.717, 1.165) is 31.2 Å². The second-order valence-corrected chi connectivity index (χ2v) is 6.61. The van der Waals surface area contributed by atoms with Crippen molar-refractivity contribution in [2.24, 2.45) is 11.8 Å². The molecular weight excluding hydrogens is 232 g/mol. The van der Waals surface area contributed by atoms with Crippen LogP contribution in [0.5, 0.6) is 0 Å². The van der Waals surface area contributed by atoms with Crippen LogP contribution < -0.4 is 10.6 Å². The Morgan fingerprint density at radius 3 is 2.82 bits per heavy atom. The molecule has 1 heterocycles. The summed E-state index contributed by atoms with van der Waals surface area (Å²) >= 11 is 1.95. The quantitative estimate of drug-likeness (QED) is 0.806. The van der Waals surface area contributed by atoms with Crippen LogP contribution in [0.2, 0.25) is 0 Å². The largest absolute Gasteiger partial charge is 0.353 e. The molecule has 98 valence electrons. The van der Waals surface area contributed by atoms with Gasteiger partial charge in [0.1, 0.15) is 0 Å². The molecule has 1 saturated carbocycles. The molecule has 0 radical (unpaired) electrons. The van der Waals surface area contributed by atoms with Crippen molar-refractivity contribution in [1.82, 2.24) is 10.6 Å². The smallest absolute Gasteiger partial charge is 0.224 e. The fraction of sp³-hybridized carbons (Fsp3) is 0.923. The molecule has 0 aromatic carbocycles. The Labute approximate surface area is 108 Å². The summed E-state index contributed by atoms with van der Waals surface area (Å²) in [6.07, 6.45) is 7.07. The van der Waals surface area contributed by atoms with Crippen molar-refractivity contribution in [1.29, 1.82) is 0 Å². The average molecular weight is 256 g/mol. The number of carbonyl (C=O) groups excluding carboxylic acids is 1. The number of rotatable bonds is 3. The van der Waals surface area contributed by atoms with Gasteiger partial charge in [-0.2, -0.15) is 11.8 Å². The molecule has 0 aromatic heterocycles. The van der Waals surface area contributed by atoms with E-state index in [1.54, 1.807) is 0 Å². The monoisotopic (exact) mass is 256 g/mol. The summed E-state index contributed by atoms with van der Waals surface area (Å²) in [5, 5.41) is 7.30. The minimum atomic E-state index is 0.185. The third-order valence-corrected chi connectivity index (χ3v) is 5.25. The third-order valence-electron chi connectivity index (χ3n) is 4.16. The SMILES string of the molecule is CSC1CCCC(NC(=O)[C@@H]2CNC[C@H]2C)C1. The summed E-state index contributed by atoms with van der Waals surface area (Å²) in [4.78, 5) is 12.2. The molecule has 2 fully saturated rings. The standard InChI is InChI=1S/C13H24N2OS/c1-9-7-14-8-12(9)13(16)15-10-4-3-5-11(6-10)17-2/h9-12,14H,3-8H2,1-2H3,(H,15,16)/t9-,10?,11?,12-/m1/s1. The molecular formula is C13H24N2OS.